The van der Waals surface area contributed by atoms with E-state index in [1.54, 1.807) is 0 Å². The van der Waals surface area contributed by atoms with Crippen molar-refractivity contribution in [3.63, 3.8) is 0 Å². The van der Waals surface area contributed by atoms with E-state index in [2.05, 4.69) is 56.2 Å². The SMILES string of the molecule is CCCCCCCNc1c(Br)cccc1Br. The van der Waals surface area contributed by atoms with Gasteiger partial charge in [0.05, 0.1) is 5.69 Å². The average Bonchev–Trinajstić information content (AvgIpc) is 2.26. The molecule has 0 bridgehead atoms. The first-order valence-electron chi connectivity index (χ1n) is 5.93. The van der Waals surface area contributed by atoms with Crippen LogP contribution in [0.5, 0.6) is 0 Å². The molecule has 0 fully saturated rings. The van der Waals surface area contributed by atoms with Gasteiger partial charge in [0.2, 0.25) is 0 Å². The monoisotopic (exact) mass is 347 g/mol. The average molecular weight is 349 g/mol. The van der Waals surface area contributed by atoms with Gasteiger partial charge in [-0.2, -0.15) is 0 Å². The zero-order valence-corrected chi connectivity index (χ0v) is 12.9. The summed E-state index contributed by atoms with van der Waals surface area (Å²) in [6.07, 6.45) is 6.59. The minimum atomic E-state index is 1.05. The van der Waals surface area contributed by atoms with Gasteiger partial charge in [-0.1, -0.05) is 38.7 Å². The van der Waals surface area contributed by atoms with Crippen LogP contribution in [0.1, 0.15) is 39.0 Å². The summed E-state index contributed by atoms with van der Waals surface area (Å²) in [7, 11) is 0. The van der Waals surface area contributed by atoms with Crippen LogP contribution >= 0.6 is 31.9 Å². The molecule has 90 valence electrons. The highest BCUT2D eigenvalue weighted by Crippen LogP contribution is 2.30. The third kappa shape index (κ3) is 4.88. The lowest BCUT2D eigenvalue weighted by molar-refractivity contribution is 0.645. The molecule has 0 spiro atoms. The maximum absolute atomic E-state index is 3.55. The van der Waals surface area contributed by atoms with Crippen LogP contribution in [0.15, 0.2) is 27.1 Å². The van der Waals surface area contributed by atoms with E-state index in [-0.39, 0.29) is 0 Å². The van der Waals surface area contributed by atoms with Crippen LogP contribution in [0, 0.1) is 0 Å². The maximum atomic E-state index is 3.55. The molecule has 0 unspecified atom stereocenters. The van der Waals surface area contributed by atoms with Gasteiger partial charge in [-0.25, -0.2) is 0 Å². The Kier molecular flexibility index (Phi) is 7.13. The molecule has 1 N–H and O–H groups in total. The van der Waals surface area contributed by atoms with Crippen LogP contribution in [0.4, 0.5) is 5.69 Å². The molecule has 0 saturated carbocycles. The van der Waals surface area contributed by atoms with Crippen LogP contribution in [0.3, 0.4) is 0 Å². The Labute approximate surface area is 115 Å². The van der Waals surface area contributed by atoms with Crippen molar-refractivity contribution >= 4 is 37.5 Å². The zero-order chi connectivity index (χ0) is 11.8. The van der Waals surface area contributed by atoms with Gasteiger partial charge < -0.3 is 5.32 Å². The molecule has 0 radical (unpaired) electrons. The van der Waals surface area contributed by atoms with E-state index >= 15 is 0 Å². The molecule has 1 rings (SSSR count). The van der Waals surface area contributed by atoms with Gasteiger partial charge in [-0.3, -0.25) is 0 Å². The Morgan fingerprint density at radius 1 is 1.00 bits per heavy atom. The second-order valence-corrected chi connectivity index (χ2v) is 5.65. The molecule has 0 aliphatic carbocycles. The highest BCUT2D eigenvalue weighted by molar-refractivity contribution is 9.11. The Bertz CT molecular complexity index is 293. The first-order valence-corrected chi connectivity index (χ1v) is 7.52. The van der Waals surface area contributed by atoms with Crippen LogP contribution in [0.25, 0.3) is 0 Å². The molecule has 0 aromatic heterocycles. The van der Waals surface area contributed by atoms with Crippen molar-refractivity contribution in [1.82, 2.24) is 0 Å². The third-order valence-electron chi connectivity index (χ3n) is 2.54. The number of para-hydroxylation sites is 1. The smallest absolute Gasteiger partial charge is 0.0628 e. The lowest BCUT2D eigenvalue weighted by Crippen LogP contribution is -2.02. The topological polar surface area (TPSA) is 12.0 Å². The minimum absolute atomic E-state index is 1.05. The standard InChI is InChI=1S/C13H19Br2N/c1-2-3-4-5-6-10-16-13-11(14)8-7-9-12(13)15/h7-9,16H,2-6,10H2,1H3. The summed E-state index contributed by atoms with van der Waals surface area (Å²) in [4.78, 5) is 0. The Morgan fingerprint density at radius 2 is 1.62 bits per heavy atom. The van der Waals surface area contributed by atoms with Crippen LogP contribution in [-0.2, 0) is 0 Å². The predicted molar refractivity (Wildman–Crippen MR) is 79.1 cm³/mol. The fraction of sp³-hybridized carbons (Fsp3) is 0.538. The molecule has 0 heterocycles. The molecular formula is C13H19Br2N. The quantitative estimate of drug-likeness (QED) is 0.633. The number of nitrogens with one attached hydrogen (secondary N) is 1. The number of anilines is 1. The normalized spacial score (nSPS) is 10.4. The van der Waals surface area contributed by atoms with E-state index in [9.17, 15) is 0 Å². The van der Waals surface area contributed by atoms with Crippen molar-refractivity contribution in [2.45, 2.75) is 39.0 Å². The summed E-state index contributed by atoms with van der Waals surface area (Å²) >= 11 is 7.10. The van der Waals surface area contributed by atoms with Gasteiger partial charge in [0, 0.05) is 15.5 Å². The molecule has 0 saturated heterocycles. The van der Waals surface area contributed by atoms with Crippen molar-refractivity contribution in [3.8, 4) is 0 Å². The van der Waals surface area contributed by atoms with Gasteiger partial charge in [0.25, 0.3) is 0 Å². The highest BCUT2D eigenvalue weighted by Gasteiger charge is 2.02. The van der Waals surface area contributed by atoms with E-state index in [4.69, 9.17) is 0 Å². The van der Waals surface area contributed by atoms with Crippen molar-refractivity contribution in [3.05, 3.63) is 27.1 Å². The molecule has 1 aromatic rings. The van der Waals surface area contributed by atoms with Gasteiger partial charge in [0.15, 0.2) is 0 Å². The molecule has 0 aliphatic rings. The van der Waals surface area contributed by atoms with E-state index < -0.39 is 0 Å². The Balaban J connectivity index is 2.26. The molecular weight excluding hydrogens is 330 g/mol. The van der Waals surface area contributed by atoms with Crippen LogP contribution < -0.4 is 5.32 Å². The summed E-state index contributed by atoms with van der Waals surface area (Å²) in [6.45, 7) is 3.29. The fourth-order valence-electron chi connectivity index (χ4n) is 1.61. The van der Waals surface area contributed by atoms with Gasteiger partial charge in [-0.15, -0.1) is 0 Å². The van der Waals surface area contributed by atoms with E-state index in [0.29, 0.717) is 0 Å². The molecule has 0 aliphatic heterocycles. The summed E-state index contributed by atoms with van der Waals surface area (Å²) in [5, 5.41) is 3.46. The number of benzene rings is 1. The Hall–Kier alpha value is -0.0200. The van der Waals surface area contributed by atoms with E-state index in [1.165, 1.54) is 32.1 Å². The highest BCUT2D eigenvalue weighted by atomic mass is 79.9. The third-order valence-corrected chi connectivity index (χ3v) is 3.87. The maximum Gasteiger partial charge on any atom is 0.0628 e. The number of hydrogen-bond donors (Lipinski definition) is 1. The van der Waals surface area contributed by atoms with E-state index in [1.807, 2.05) is 6.07 Å². The number of hydrogen-bond acceptors (Lipinski definition) is 1. The number of unbranched alkanes of at least 4 members (excludes halogenated alkanes) is 4. The Morgan fingerprint density at radius 3 is 2.25 bits per heavy atom. The van der Waals surface area contributed by atoms with Crippen LogP contribution in [0.2, 0.25) is 0 Å². The first-order chi connectivity index (χ1) is 7.75. The summed E-state index contributed by atoms with van der Waals surface area (Å²) in [6, 6.07) is 6.15. The molecule has 3 heteroatoms. The molecule has 1 nitrogen and oxygen atoms in total. The predicted octanol–water partition coefficient (Wildman–Crippen LogP) is 5.59. The van der Waals surface area contributed by atoms with Gasteiger partial charge in [0.1, 0.15) is 0 Å². The zero-order valence-electron chi connectivity index (χ0n) is 9.73. The van der Waals surface area contributed by atoms with Crippen molar-refractivity contribution in [2.24, 2.45) is 0 Å². The molecule has 1 aromatic carbocycles. The minimum Gasteiger partial charge on any atom is -0.383 e. The second kappa shape index (κ2) is 8.13. The lowest BCUT2D eigenvalue weighted by atomic mass is 10.1. The van der Waals surface area contributed by atoms with Crippen molar-refractivity contribution in [1.29, 1.82) is 0 Å². The largest absolute Gasteiger partial charge is 0.383 e. The molecule has 16 heavy (non-hydrogen) atoms. The van der Waals surface area contributed by atoms with Crippen molar-refractivity contribution in [2.75, 3.05) is 11.9 Å². The van der Waals surface area contributed by atoms with Crippen LogP contribution in [-0.4, -0.2) is 6.54 Å². The van der Waals surface area contributed by atoms with Gasteiger partial charge >= 0.3 is 0 Å². The fourth-order valence-corrected chi connectivity index (χ4v) is 2.89. The molecule has 0 amide bonds. The second-order valence-electron chi connectivity index (χ2n) is 3.94. The molecule has 0 atom stereocenters. The number of halogens is 2. The summed E-state index contributed by atoms with van der Waals surface area (Å²) < 4.78 is 2.24. The van der Waals surface area contributed by atoms with Gasteiger partial charge in [-0.05, 0) is 50.4 Å². The van der Waals surface area contributed by atoms with E-state index in [0.717, 1.165) is 21.2 Å². The van der Waals surface area contributed by atoms with Crippen molar-refractivity contribution < 1.29 is 0 Å². The number of rotatable bonds is 7. The summed E-state index contributed by atoms with van der Waals surface area (Å²) in [5.74, 6) is 0. The lowest BCUT2D eigenvalue weighted by Gasteiger charge is -2.10. The first kappa shape index (κ1) is 14.0. The summed E-state index contributed by atoms with van der Waals surface area (Å²) in [5.41, 5.74) is 1.16.